The number of amides is 1. The van der Waals surface area contributed by atoms with Crippen LogP contribution in [0, 0.1) is 0 Å². The quantitative estimate of drug-likeness (QED) is 0.529. The van der Waals surface area contributed by atoms with Gasteiger partial charge in [-0.2, -0.15) is 9.50 Å². The van der Waals surface area contributed by atoms with Crippen LogP contribution in [0.5, 0.6) is 0 Å². The average Bonchev–Trinajstić information content (AvgIpc) is 3.22. The van der Waals surface area contributed by atoms with E-state index in [1.807, 2.05) is 50.2 Å². The number of nitrogens with zero attached hydrogens (tertiary/aromatic N) is 3. The third kappa shape index (κ3) is 3.27. The summed E-state index contributed by atoms with van der Waals surface area (Å²) in [5, 5.41) is 24.1. The van der Waals surface area contributed by atoms with Crippen LogP contribution in [-0.2, 0) is 10.2 Å². The Balaban J connectivity index is 1.37. The maximum absolute atomic E-state index is 12.2. The molecule has 1 aliphatic heterocycles. The summed E-state index contributed by atoms with van der Waals surface area (Å²) in [5.74, 6) is 1.38. The van der Waals surface area contributed by atoms with Gasteiger partial charge in [-0.3, -0.25) is 4.79 Å². The van der Waals surface area contributed by atoms with Gasteiger partial charge in [-0.15, -0.1) is 5.10 Å². The van der Waals surface area contributed by atoms with Gasteiger partial charge in [-0.25, -0.2) is 0 Å². The van der Waals surface area contributed by atoms with Gasteiger partial charge in [0.05, 0.1) is 11.5 Å². The zero-order valence-corrected chi connectivity index (χ0v) is 17.1. The minimum absolute atomic E-state index is 0.00597. The van der Waals surface area contributed by atoms with E-state index in [-0.39, 0.29) is 12.0 Å². The minimum Gasteiger partial charge on any atom is -0.393 e. The monoisotopic (exact) mass is 406 g/mol. The highest BCUT2D eigenvalue weighted by Crippen LogP contribution is 2.39. The number of benzene rings is 1. The van der Waals surface area contributed by atoms with Crippen molar-refractivity contribution in [3.05, 3.63) is 42.0 Å². The highest BCUT2D eigenvalue weighted by Gasteiger charge is 2.38. The Morgan fingerprint density at radius 1 is 1.17 bits per heavy atom. The molecular weight excluding hydrogens is 380 g/mol. The zero-order valence-electron chi connectivity index (χ0n) is 17.1. The highest BCUT2D eigenvalue weighted by molar-refractivity contribution is 6.06. The van der Waals surface area contributed by atoms with Gasteiger partial charge in [-0.1, -0.05) is 12.1 Å². The van der Waals surface area contributed by atoms with Crippen molar-refractivity contribution in [3.63, 3.8) is 0 Å². The summed E-state index contributed by atoms with van der Waals surface area (Å²) in [7, 11) is 0. The van der Waals surface area contributed by atoms with E-state index in [4.69, 9.17) is 0 Å². The number of carbonyl (C=O) groups excluding carboxylic acids is 1. The predicted molar refractivity (Wildman–Crippen MR) is 116 cm³/mol. The molecule has 1 aliphatic carbocycles. The molecule has 0 spiro atoms. The molecule has 0 atom stereocenters. The van der Waals surface area contributed by atoms with Gasteiger partial charge in [0.2, 0.25) is 11.9 Å². The summed E-state index contributed by atoms with van der Waals surface area (Å²) in [6.45, 7) is 3.85. The third-order valence-electron chi connectivity index (χ3n) is 6.17. The van der Waals surface area contributed by atoms with Crippen LogP contribution >= 0.6 is 0 Å². The fourth-order valence-corrected chi connectivity index (χ4v) is 4.30. The minimum atomic E-state index is -0.523. The summed E-state index contributed by atoms with van der Waals surface area (Å²) < 4.78 is 1.80. The number of nitrogens with one attached hydrogen (secondary N) is 3. The number of hydrogen-bond acceptors (Lipinski definition) is 6. The first-order chi connectivity index (χ1) is 14.4. The van der Waals surface area contributed by atoms with Crippen LogP contribution in [0.1, 0.15) is 45.1 Å². The second-order valence-electron chi connectivity index (χ2n) is 8.73. The lowest BCUT2D eigenvalue weighted by atomic mass is 9.86. The third-order valence-corrected chi connectivity index (χ3v) is 6.17. The molecule has 2 aromatic heterocycles. The molecule has 0 saturated heterocycles. The molecule has 1 amide bonds. The molecule has 1 saturated carbocycles. The molecule has 30 heavy (non-hydrogen) atoms. The topological polar surface area (TPSA) is 104 Å². The molecule has 2 aliphatic rings. The van der Waals surface area contributed by atoms with Crippen LogP contribution in [-0.4, -0.2) is 37.8 Å². The maximum atomic E-state index is 12.2. The Labute approximate surface area is 174 Å². The Kier molecular flexibility index (Phi) is 4.39. The first-order valence-electron chi connectivity index (χ1n) is 10.4. The Morgan fingerprint density at radius 2 is 1.97 bits per heavy atom. The van der Waals surface area contributed by atoms with Gasteiger partial charge in [0.1, 0.15) is 5.82 Å². The lowest BCUT2D eigenvalue weighted by Gasteiger charge is -2.26. The molecule has 3 aromatic rings. The van der Waals surface area contributed by atoms with Crippen LogP contribution in [0.2, 0.25) is 0 Å². The molecule has 1 aromatic carbocycles. The van der Waals surface area contributed by atoms with Crippen molar-refractivity contribution in [1.29, 1.82) is 0 Å². The van der Waals surface area contributed by atoms with E-state index in [0.717, 1.165) is 54.1 Å². The van der Waals surface area contributed by atoms with E-state index in [9.17, 15) is 9.90 Å². The van der Waals surface area contributed by atoms with Crippen molar-refractivity contribution >= 4 is 34.7 Å². The second kappa shape index (κ2) is 6.98. The number of carbonyl (C=O) groups is 1. The molecule has 156 valence electrons. The van der Waals surface area contributed by atoms with Crippen LogP contribution in [0.15, 0.2) is 36.4 Å². The SMILES string of the molecule is CC1(C)C(=O)Nc2cc(Nc3nc4cccc(NC5CCC(O)CC5)n4n3)ccc21. The highest BCUT2D eigenvalue weighted by atomic mass is 16.3. The van der Waals surface area contributed by atoms with Gasteiger partial charge in [-0.05, 0) is 69.4 Å². The smallest absolute Gasteiger partial charge is 0.247 e. The fourth-order valence-electron chi connectivity index (χ4n) is 4.30. The summed E-state index contributed by atoms with van der Waals surface area (Å²) in [6, 6.07) is 12.0. The molecule has 3 heterocycles. The molecule has 0 bridgehead atoms. The average molecular weight is 406 g/mol. The van der Waals surface area contributed by atoms with Gasteiger partial charge >= 0.3 is 0 Å². The van der Waals surface area contributed by atoms with E-state index < -0.39 is 5.41 Å². The van der Waals surface area contributed by atoms with Crippen LogP contribution in [0.4, 0.5) is 23.1 Å². The zero-order chi connectivity index (χ0) is 20.9. The molecule has 8 nitrogen and oxygen atoms in total. The van der Waals surface area contributed by atoms with E-state index in [2.05, 4.69) is 26.0 Å². The number of hydrogen-bond donors (Lipinski definition) is 4. The normalized spacial score (nSPS) is 22.6. The van der Waals surface area contributed by atoms with Crippen LogP contribution in [0.3, 0.4) is 0 Å². The first-order valence-corrected chi connectivity index (χ1v) is 10.4. The van der Waals surface area contributed by atoms with E-state index in [1.54, 1.807) is 4.52 Å². The maximum Gasteiger partial charge on any atom is 0.247 e. The molecule has 5 rings (SSSR count). The molecule has 8 heteroatoms. The van der Waals surface area contributed by atoms with Crippen LogP contribution < -0.4 is 16.0 Å². The second-order valence-corrected chi connectivity index (χ2v) is 8.73. The van der Waals surface area contributed by atoms with Crippen molar-refractivity contribution in [1.82, 2.24) is 14.6 Å². The van der Waals surface area contributed by atoms with Crippen molar-refractivity contribution in [3.8, 4) is 0 Å². The van der Waals surface area contributed by atoms with Gasteiger partial charge < -0.3 is 21.1 Å². The van der Waals surface area contributed by atoms with Gasteiger partial charge in [0.25, 0.3) is 0 Å². The largest absolute Gasteiger partial charge is 0.393 e. The lowest BCUT2D eigenvalue weighted by molar-refractivity contribution is -0.119. The van der Waals surface area contributed by atoms with E-state index in [0.29, 0.717) is 12.0 Å². The summed E-state index contributed by atoms with van der Waals surface area (Å²) in [4.78, 5) is 16.8. The summed E-state index contributed by atoms with van der Waals surface area (Å²) in [5.41, 5.74) is 2.85. The standard InChI is InChI=1S/C22H26N6O2/c1-22(2)16-11-8-14(12-17(16)25-20(22)30)24-21-26-19-5-3-4-18(28(19)27-21)23-13-6-9-15(29)10-7-13/h3-5,8,11-13,15,23,29H,6-7,9-10H2,1-2H3,(H,24,27)(H,25,30). The number of aliphatic hydroxyl groups is 1. The van der Waals surface area contributed by atoms with E-state index in [1.165, 1.54) is 0 Å². The molecule has 0 unspecified atom stereocenters. The molecule has 4 N–H and O–H groups in total. The van der Waals surface area contributed by atoms with Crippen LogP contribution in [0.25, 0.3) is 5.65 Å². The Hall–Kier alpha value is -3.13. The van der Waals surface area contributed by atoms with Gasteiger partial charge in [0, 0.05) is 17.4 Å². The summed E-state index contributed by atoms with van der Waals surface area (Å²) >= 11 is 0. The molecular formula is C22H26N6O2. The number of pyridine rings is 1. The molecule has 0 radical (unpaired) electrons. The lowest BCUT2D eigenvalue weighted by Crippen LogP contribution is -2.29. The summed E-state index contributed by atoms with van der Waals surface area (Å²) in [6.07, 6.45) is 3.35. The van der Waals surface area contributed by atoms with Crippen molar-refractivity contribution in [2.24, 2.45) is 0 Å². The number of aliphatic hydroxyl groups excluding tert-OH is 1. The number of fused-ring (bicyclic) bond motifs is 2. The van der Waals surface area contributed by atoms with Crippen molar-refractivity contribution in [2.45, 2.75) is 57.1 Å². The van der Waals surface area contributed by atoms with Crippen molar-refractivity contribution in [2.75, 3.05) is 16.0 Å². The molecule has 1 fully saturated rings. The Bertz CT molecular complexity index is 1110. The first kappa shape index (κ1) is 18.9. The van der Waals surface area contributed by atoms with E-state index >= 15 is 0 Å². The number of anilines is 4. The fraction of sp³-hybridized carbons (Fsp3) is 0.409. The number of aromatic nitrogens is 3. The Morgan fingerprint density at radius 3 is 2.77 bits per heavy atom. The van der Waals surface area contributed by atoms with Crippen molar-refractivity contribution < 1.29 is 9.90 Å². The van der Waals surface area contributed by atoms with Gasteiger partial charge in [0.15, 0.2) is 5.65 Å². The number of rotatable bonds is 4. The predicted octanol–water partition coefficient (Wildman–Crippen LogP) is 3.42.